The van der Waals surface area contributed by atoms with Crippen molar-refractivity contribution in [2.45, 2.75) is 13.5 Å². The Balaban J connectivity index is 1.40. The highest BCUT2D eigenvalue weighted by Gasteiger charge is 2.18. The van der Waals surface area contributed by atoms with E-state index in [1.165, 1.54) is 18.4 Å². The van der Waals surface area contributed by atoms with E-state index in [2.05, 4.69) is 5.32 Å². The third-order valence-electron chi connectivity index (χ3n) is 4.66. The van der Waals surface area contributed by atoms with Crippen molar-refractivity contribution >= 4 is 50.6 Å². The number of furan rings is 1. The number of carbonyl (C=O) groups is 2. The van der Waals surface area contributed by atoms with E-state index >= 15 is 0 Å². The maximum Gasteiger partial charge on any atom is 0.349 e. The van der Waals surface area contributed by atoms with Crippen molar-refractivity contribution in [1.29, 1.82) is 0 Å². The molecule has 0 radical (unpaired) electrons. The molecule has 0 saturated heterocycles. The van der Waals surface area contributed by atoms with E-state index in [1.807, 2.05) is 19.1 Å². The predicted molar refractivity (Wildman–Crippen MR) is 127 cm³/mol. The number of esters is 1. The molecular formula is C24H20ClNO6S. The number of halogens is 1. The molecular weight excluding hydrogens is 466 g/mol. The van der Waals surface area contributed by atoms with Gasteiger partial charge in [0.15, 0.2) is 5.76 Å². The number of methoxy groups -OCH3 is 1. The van der Waals surface area contributed by atoms with Crippen LogP contribution in [0.4, 0.5) is 5.69 Å². The summed E-state index contributed by atoms with van der Waals surface area (Å²) in [4.78, 5) is 24.8. The molecule has 170 valence electrons. The highest BCUT2D eigenvalue weighted by Crippen LogP contribution is 2.37. The number of benzene rings is 2. The average Bonchev–Trinajstić information content (AvgIpc) is 3.43. The van der Waals surface area contributed by atoms with Crippen molar-refractivity contribution in [1.82, 2.24) is 0 Å². The number of hydrogen-bond acceptors (Lipinski definition) is 7. The first kappa shape index (κ1) is 22.7. The highest BCUT2D eigenvalue weighted by molar-refractivity contribution is 7.21. The standard InChI is InChI=1S/C24H20ClNO6S/c1-3-30-15-5-7-16(8-6-15)31-13-17-9-11-19(32-17)23(27)26-14-4-10-18-20(12-14)33-22(21(18)25)24(28)29-2/h4-12H,3,13H2,1-2H3,(H,26,27). The first-order chi connectivity index (χ1) is 16.0. The summed E-state index contributed by atoms with van der Waals surface area (Å²) in [7, 11) is 1.30. The van der Waals surface area contributed by atoms with Crippen LogP contribution in [0.25, 0.3) is 10.1 Å². The Morgan fingerprint density at radius 3 is 2.45 bits per heavy atom. The summed E-state index contributed by atoms with van der Waals surface area (Å²) in [5.41, 5.74) is 0.547. The third kappa shape index (κ3) is 5.13. The van der Waals surface area contributed by atoms with Crippen LogP contribution in [0.15, 0.2) is 59.0 Å². The van der Waals surface area contributed by atoms with Gasteiger partial charge >= 0.3 is 5.97 Å². The molecule has 0 spiro atoms. The summed E-state index contributed by atoms with van der Waals surface area (Å²) >= 11 is 7.47. The molecule has 33 heavy (non-hydrogen) atoms. The molecule has 2 aromatic heterocycles. The van der Waals surface area contributed by atoms with Crippen molar-refractivity contribution in [2.75, 3.05) is 19.0 Å². The summed E-state index contributed by atoms with van der Waals surface area (Å²) in [6.45, 7) is 2.70. The van der Waals surface area contributed by atoms with Crippen LogP contribution >= 0.6 is 22.9 Å². The molecule has 0 bridgehead atoms. The molecule has 2 heterocycles. The molecule has 0 atom stereocenters. The van der Waals surface area contributed by atoms with Gasteiger partial charge < -0.3 is 23.9 Å². The minimum atomic E-state index is -0.498. The number of amides is 1. The number of rotatable bonds is 8. The van der Waals surface area contributed by atoms with Gasteiger partial charge in [0.1, 0.15) is 28.7 Å². The van der Waals surface area contributed by atoms with E-state index in [4.69, 9.17) is 30.2 Å². The molecule has 0 saturated carbocycles. The Morgan fingerprint density at radius 1 is 1.03 bits per heavy atom. The second kappa shape index (κ2) is 9.97. The third-order valence-corrected chi connectivity index (χ3v) is 6.30. The number of carbonyl (C=O) groups excluding carboxylic acids is 2. The maximum absolute atomic E-state index is 12.6. The second-order valence-corrected chi connectivity index (χ2v) is 8.29. The largest absolute Gasteiger partial charge is 0.494 e. The predicted octanol–water partition coefficient (Wildman–Crippen LogP) is 6.16. The molecule has 0 aliphatic carbocycles. The summed E-state index contributed by atoms with van der Waals surface area (Å²) in [6.07, 6.45) is 0. The van der Waals surface area contributed by atoms with E-state index in [0.29, 0.717) is 39.1 Å². The van der Waals surface area contributed by atoms with E-state index in [9.17, 15) is 9.59 Å². The SMILES string of the molecule is CCOc1ccc(OCc2ccc(C(=O)Nc3ccc4c(Cl)c(C(=O)OC)sc4c3)o2)cc1. The second-order valence-electron chi connectivity index (χ2n) is 6.86. The van der Waals surface area contributed by atoms with Crippen LogP contribution in [0.5, 0.6) is 11.5 Å². The van der Waals surface area contributed by atoms with Crippen molar-refractivity contribution in [2.24, 2.45) is 0 Å². The molecule has 0 unspecified atom stereocenters. The lowest BCUT2D eigenvalue weighted by Crippen LogP contribution is -2.10. The number of hydrogen-bond donors (Lipinski definition) is 1. The Kier molecular flexibility index (Phi) is 6.86. The maximum atomic E-state index is 12.6. The van der Waals surface area contributed by atoms with E-state index in [1.54, 1.807) is 42.5 Å². The van der Waals surface area contributed by atoms with Gasteiger partial charge in [-0.1, -0.05) is 11.6 Å². The van der Waals surface area contributed by atoms with Crippen molar-refractivity contribution in [3.8, 4) is 11.5 Å². The number of thiophene rings is 1. The number of anilines is 1. The van der Waals surface area contributed by atoms with E-state index in [-0.39, 0.29) is 12.4 Å². The lowest BCUT2D eigenvalue weighted by Gasteiger charge is -2.06. The molecule has 9 heteroatoms. The minimum absolute atomic E-state index is 0.153. The number of ether oxygens (including phenoxy) is 3. The minimum Gasteiger partial charge on any atom is -0.494 e. The van der Waals surface area contributed by atoms with Gasteiger partial charge in [0, 0.05) is 15.8 Å². The molecule has 1 amide bonds. The fraction of sp³-hybridized carbons (Fsp3) is 0.167. The highest BCUT2D eigenvalue weighted by atomic mass is 35.5. The van der Waals surface area contributed by atoms with E-state index in [0.717, 1.165) is 10.4 Å². The van der Waals surface area contributed by atoms with Gasteiger partial charge in [0.05, 0.1) is 18.7 Å². The van der Waals surface area contributed by atoms with Crippen molar-refractivity contribution in [3.05, 3.63) is 76.0 Å². The average molecular weight is 486 g/mol. The first-order valence-corrected chi connectivity index (χ1v) is 11.2. The molecule has 4 rings (SSSR count). The molecule has 4 aromatic rings. The van der Waals surface area contributed by atoms with Crippen LogP contribution in [-0.4, -0.2) is 25.6 Å². The first-order valence-electron chi connectivity index (χ1n) is 10.0. The fourth-order valence-electron chi connectivity index (χ4n) is 3.09. The fourth-order valence-corrected chi connectivity index (χ4v) is 4.56. The quantitative estimate of drug-likeness (QED) is 0.300. The van der Waals surface area contributed by atoms with Crippen LogP contribution in [-0.2, 0) is 11.3 Å². The van der Waals surface area contributed by atoms with Crippen molar-refractivity contribution in [3.63, 3.8) is 0 Å². The van der Waals surface area contributed by atoms with Crippen LogP contribution in [0, 0.1) is 0 Å². The molecule has 1 N–H and O–H groups in total. The summed E-state index contributed by atoms with van der Waals surface area (Å²) < 4.78 is 22.2. The molecule has 7 nitrogen and oxygen atoms in total. The monoisotopic (exact) mass is 485 g/mol. The molecule has 0 aliphatic heterocycles. The zero-order valence-electron chi connectivity index (χ0n) is 17.8. The van der Waals surface area contributed by atoms with Gasteiger partial charge in [-0.3, -0.25) is 4.79 Å². The summed E-state index contributed by atoms with van der Waals surface area (Å²) in [5, 5.41) is 3.84. The normalized spacial score (nSPS) is 10.8. The lowest BCUT2D eigenvalue weighted by atomic mass is 10.2. The van der Waals surface area contributed by atoms with Crippen LogP contribution in [0.2, 0.25) is 5.02 Å². The van der Waals surface area contributed by atoms with Crippen LogP contribution < -0.4 is 14.8 Å². The number of nitrogens with one attached hydrogen (secondary N) is 1. The molecule has 0 fully saturated rings. The van der Waals surface area contributed by atoms with Gasteiger partial charge in [-0.25, -0.2) is 4.79 Å². The smallest absolute Gasteiger partial charge is 0.349 e. The van der Waals surface area contributed by atoms with E-state index < -0.39 is 11.9 Å². The number of fused-ring (bicyclic) bond motifs is 1. The van der Waals surface area contributed by atoms with Gasteiger partial charge in [-0.2, -0.15) is 0 Å². The summed E-state index contributed by atoms with van der Waals surface area (Å²) in [6, 6.07) is 15.7. The van der Waals surface area contributed by atoms with Gasteiger partial charge in [0.2, 0.25) is 0 Å². The Hall–Kier alpha value is -3.49. The zero-order chi connectivity index (χ0) is 23.4. The Morgan fingerprint density at radius 2 is 1.76 bits per heavy atom. The Bertz CT molecular complexity index is 1290. The van der Waals surface area contributed by atoms with Crippen molar-refractivity contribution < 1.29 is 28.2 Å². The van der Waals surface area contributed by atoms with Gasteiger partial charge in [-0.05, 0) is 61.5 Å². The lowest BCUT2D eigenvalue weighted by molar-refractivity contribution is 0.0606. The Labute approximate surface area is 198 Å². The van der Waals surface area contributed by atoms with Gasteiger partial charge in [0.25, 0.3) is 5.91 Å². The van der Waals surface area contributed by atoms with Crippen LogP contribution in [0.3, 0.4) is 0 Å². The molecule has 2 aromatic carbocycles. The topological polar surface area (TPSA) is 87.0 Å². The van der Waals surface area contributed by atoms with Gasteiger partial charge in [-0.15, -0.1) is 11.3 Å². The van der Waals surface area contributed by atoms with Crippen LogP contribution in [0.1, 0.15) is 32.9 Å². The zero-order valence-corrected chi connectivity index (χ0v) is 19.4. The summed E-state index contributed by atoms with van der Waals surface area (Å²) in [5.74, 6) is 1.19. The molecule has 0 aliphatic rings.